The van der Waals surface area contributed by atoms with Gasteiger partial charge in [0.1, 0.15) is 5.75 Å². The van der Waals surface area contributed by atoms with Crippen molar-refractivity contribution in [3.05, 3.63) is 28.2 Å². The van der Waals surface area contributed by atoms with E-state index in [0.29, 0.717) is 5.75 Å². The molecule has 106 valence electrons. The highest BCUT2D eigenvalue weighted by Crippen LogP contribution is 2.37. The topological polar surface area (TPSA) is 35.2 Å². The summed E-state index contributed by atoms with van der Waals surface area (Å²) < 4.78 is 43.5. The van der Waals surface area contributed by atoms with Crippen molar-refractivity contribution in [3.8, 4) is 5.75 Å². The molecule has 0 amide bonds. The molecule has 0 atom stereocenters. The average molecular weight is 338 g/mol. The molecule has 0 unspecified atom stereocenters. The zero-order valence-electron chi connectivity index (χ0n) is 10.2. The van der Waals surface area contributed by atoms with Crippen LogP contribution < -0.4 is 10.5 Å². The van der Waals surface area contributed by atoms with Crippen molar-refractivity contribution in [3.63, 3.8) is 0 Å². The first-order valence-electron chi connectivity index (χ1n) is 6.15. The standard InChI is InChI=1S/C13H15BrF3NO/c14-12-7-10(5-6-11(12)13(15,16)17)19-9-3-1-8(18)2-4-9/h5-9H,1-4,18H2/t8-,9-. The maximum atomic E-state index is 12.6. The van der Waals surface area contributed by atoms with Crippen LogP contribution in [-0.2, 0) is 6.18 Å². The minimum atomic E-state index is -4.35. The molecule has 1 saturated carbocycles. The Labute approximate surface area is 118 Å². The van der Waals surface area contributed by atoms with E-state index in [9.17, 15) is 13.2 Å². The molecule has 0 aromatic heterocycles. The van der Waals surface area contributed by atoms with Gasteiger partial charge in [0, 0.05) is 10.5 Å². The number of nitrogens with two attached hydrogens (primary N) is 1. The second-order valence-electron chi connectivity index (χ2n) is 4.79. The van der Waals surface area contributed by atoms with E-state index in [1.807, 2.05) is 0 Å². The molecule has 6 heteroatoms. The Bertz CT molecular complexity index is 442. The molecule has 1 aromatic rings. The Morgan fingerprint density at radius 3 is 2.32 bits per heavy atom. The van der Waals surface area contributed by atoms with Crippen LogP contribution in [0.15, 0.2) is 22.7 Å². The van der Waals surface area contributed by atoms with Crippen molar-refractivity contribution in [2.24, 2.45) is 5.73 Å². The van der Waals surface area contributed by atoms with Crippen LogP contribution in [-0.4, -0.2) is 12.1 Å². The maximum absolute atomic E-state index is 12.6. The molecule has 0 radical (unpaired) electrons. The highest BCUT2D eigenvalue weighted by atomic mass is 79.9. The molecule has 0 spiro atoms. The van der Waals surface area contributed by atoms with E-state index in [1.54, 1.807) is 0 Å². The molecular formula is C13H15BrF3NO. The number of hydrogen-bond donors (Lipinski definition) is 1. The van der Waals surface area contributed by atoms with Crippen molar-refractivity contribution in [2.45, 2.75) is 44.0 Å². The average Bonchev–Trinajstić information content (AvgIpc) is 2.30. The van der Waals surface area contributed by atoms with E-state index in [1.165, 1.54) is 12.1 Å². The van der Waals surface area contributed by atoms with Crippen LogP contribution in [0.25, 0.3) is 0 Å². The predicted molar refractivity (Wildman–Crippen MR) is 70.0 cm³/mol. The third-order valence-corrected chi connectivity index (χ3v) is 3.92. The molecule has 0 saturated heterocycles. The van der Waals surface area contributed by atoms with Crippen LogP contribution in [0.2, 0.25) is 0 Å². The van der Waals surface area contributed by atoms with Gasteiger partial charge in [-0.1, -0.05) is 15.9 Å². The first-order chi connectivity index (χ1) is 8.86. The van der Waals surface area contributed by atoms with Gasteiger partial charge in [-0.3, -0.25) is 0 Å². The van der Waals surface area contributed by atoms with Crippen LogP contribution in [0.5, 0.6) is 5.75 Å². The van der Waals surface area contributed by atoms with Gasteiger partial charge in [0.25, 0.3) is 0 Å². The van der Waals surface area contributed by atoms with Crippen LogP contribution in [0, 0.1) is 0 Å². The summed E-state index contributed by atoms with van der Waals surface area (Å²) in [6.45, 7) is 0. The molecule has 1 aliphatic carbocycles. The highest BCUT2D eigenvalue weighted by molar-refractivity contribution is 9.10. The lowest BCUT2D eigenvalue weighted by molar-refractivity contribution is -0.138. The van der Waals surface area contributed by atoms with Crippen molar-refractivity contribution in [1.82, 2.24) is 0 Å². The van der Waals surface area contributed by atoms with Gasteiger partial charge < -0.3 is 10.5 Å². The Kier molecular flexibility index (Phi) is 4.40. The number of ether oxygens (including phenoxy) is 1. The molecule has 0 heterocycles. The molecule has 1 aromatic carbocycles. The van der Waals surface area contributed by atoms with Gasteiger partial charge in [0.2, 0.25) is 0 Å². The summed E-state index contributed by atoms with van der Waals surface area (Å²) in [5.41, 5.74) is 5.10. The molecule has 2 N–H and O–H groups in total. The zero-order chi connectivity index (χ0) is 14.0. The third kappa shape index (κ3) is 3.86. The number of hydrogen-bond acceptors (Lipinski definition) is 2. The Morgan fingerprint density at radius 2 is 1.79 bits per heavy atom. The van der Waals surface area contributed by atoms with E-state index in [-0.39, 0.29) is 16.6 Å². The molecule has 19 heavy (non-hydrogen) atoms. The number of benzene rings is 1. The van der Waals surface area contributed by atoms with Crippen LogP contribution in [0.1, 0.15) is 31.2 Å². The molecule has 2 rings (SSSR count). The smallest absolute Gasteiger partial charge is 0.417 e. The molecule has 0 bridgehead atoms. The molecular weight excluding hydrogens is 323 g/mol. The number of alkyl halides is 3. The summed E-state index contributed by atoms with van der Waals surface area (Å²) in [6, 6.07) is 3.99. The van der Waals surface area contributed by atoms with E-state index >= 15 is 0 Å². The molecule has 1 aliphatic rings. The SMILES string of the molecule is N[C@H]1CC[C@H](Oc2ccc(C(F)(F)F)c(Br)c2)CC1. The Hall–Kier alpha value is -0.750. The first kappa shape index (κ1) is 14.7. The Balaban J connectivity index is 2.04. The normalized spacial score (nSPS) is 24.3. The van der Waals surface area contributed by atoms with Gasteiger partial charge in [0.05, 0.1) is 11.7 Å². The largest absolute Gasteiger partial charge is 0.490 e. The summed E-state index contributed by atoms with van der Waals surface area (Å²) in [6.07, 6.45) is -0.823. The fraction of sp³-hybridized carbons (Fsp3) is 0.538. The van der Waals surface area contributed by atoms with Gasteiger partial charge in [-0.25, -0.2) is 0 Å². The van der Waals surface area contributed by atoms with E-state index in [0.717, 1.165) is 31.7 Å². The van der Waals surface area contributed by atoms with Crippen molar-refractivity contribution in [1.29, 1.82) is 0 Å². The maximum Gasteiger partial charge on any atom is 0.417 e. The summed E-state index contributed by atoms with van der Waals surface area (Å²) in [7, 11) is 0. The lowest BCUT2D eigenvalue weighted by Crippen LogP contribution is -2.31. The fourth-order valence-electron chi connectivity index (χ4n) is 2.20. The number of halogens is 4. The van der Waals surface area contributed by atoms with Gasteiger partial charge in [-0.05, 0) is 43.9 Å². The summed E-state index contributed by atoms with van der Waals surface area (Å²) in [4.78, 5) is 0. The highest BCUT2D eigenvalue weighted by Gasteiger charge is 2.33. The minimum Gasteiger partial charge on any atom is -0.490 e. The van der Waals surface area contributed by atoms with Crippen molar-refractivity contribution in [2.75, 3.05) is 0 Å². The number of rotatable bonds is 2. The molecule has 1 fully saturated rings. The lowest BCUT2D eigenvalue weighted by atomic mass is 9.94. The zero-order valence-corrected chi connectivity index (χ0v) is 11.8. The molecule has 0 aliphatic heterocycles. The second kappa shape index (κ2) is 5.71. The van der Waals surface area contributed by atoms with E-state index in [4.69, 9.17) is 10.5 Å². The van der Waals surface area contributed by atoms with Gasteiger partial charge in [-0.2, -0.15) is 13.2 Å². The summed E-state index contributed by atoms with van der Waals surface area (Å²) in [5.74, 6) is 0.459. The van der Waals surface area contributed by atoms with Crippen LogP contribution >= 0.6 is 15.9 Å². The van der Waals surface area contributed by atoms with E-state index < -0.39 is 11.7 Å². The third-order valence-electron chi connectivity index (χ3n) is 3.27. The van der Waals surface area contributed by atoms with Gasteiger partial charge >= 0.3 is 6.18 Å². The first-order valence-corrected chi connectivity index (χ1v) is 6.94. The quantitative estimate of drug-likeness (QED) is 0.881. The summed E-state index contributed by atoms with van der Waals surface area (Å²) in [5, 5.41) is 0. The van der Waals surface area contributed by atoms with E-state index in [2.05, 4.69) is 15.9 Å². The van der Waals surface area contributed by atoms with Crippen molar-refractivity contribution < 1.29 is 17.9 Å². The minimum absolute atomic E-state index is 0.00464. The monoisotopic (exact) mass is 337 g/mol. The second-order valence-corrected chi connectivity index (χ2v) is 5.65. The lowest BCUT2D eigenvalue weighted by Gasteiger charge is -2.27. The molecule has 2 nitrogen and oxygen atoms in total. The van der Waals surface area contributed by atoms with Crippen LogP contribution in [0.3, 0.4) is 0 Å². The van der Waals surface area contributed by atoms with Crippen LogP contribution in [0.4, 0.5) is 13.2 Å². The van der Waals surface area contributed by atoms with Gasteiger partial charge in [-0.15, -0.1) is 0 Å². The van der Waals surface area contributed by atoms with Gasteiger partial charge in [0.15, 0.2) is 0 Å². The fourth-order valence-corrected chi connectivity index (χ4v) is 2.78. The summed E-state index contributed by atoms with van der Waals surface area (Å²) >= 11 is 2.94. The van der Waals surface area contributed by atoms with Crippen molar-refractivity contribution >= 4 is 15.9 Å². The predicted octanol–water partition coefficient (Wildman–Crippen LogP) is 4.12. The Morgan fingerprint density at radius 1 is 1.16 bits per heavy atom.